The van der Waals surface area contributed by atoms with Crippen molar-refractivity contribution >= 4 is 34.2 Å². The molecule has 1 aromatic carbocycles. The maximum Gasteiger partial charge on any atom is 0.260 e. The lowest BCUT2D eigenvalue weighted by Crippen LogP contribution is -2.44. The van der Waals surface area contributed by atoms with Crippen LogP contribution < -0.4 is 15.1 Å². The van der Waals surface area contributed by atoms with Crippen molar-refractivity contribution in [3.05, 3.63) is 41.9 Å². The smallest absolute Gasteiger partial charge is 0.260 e. The summed E-state index contributed by atoms with van der Waals surface area (Å²) in [6, 6.07) is 7.95. The molecule has 9 heteroatoms. The van der Waals surface area contributed by atoms with Crippen molar-refractivity contribution in [2.45, 2.75) is 6.92 Å². The first-order valence-corrected chi connectivity index (χ1v) is 11.0. The molecule has 2 aromatic heterocycles. The molecule has 0 saturated carbocycles. The van der Waals surface area contributed by atoms with Crippen LogP contribution in [0.2, 0.25) is 0 Å². The molecule has 2 aliphatic heterocycles. The maximum atomic E-state index is 13.5. The molecule has 0 spiro atoms. The summed E-state index contributed by atoms with van der Waals surface area (Å²) in [7, 11) is 2.13. The van der Waals surface area contributed by atoms with Gasteiger partial charge in [-0.3, -0.25) is 4.79 Å². The van der Waals surface area contributed by atoms with Crippen LogP contribution in [0.25, 0.3) is 11.1 Å². The Hall–Kier alpha value is -3.17. The van der Waals surface area contributed by atoms with Gasteiger partial charge < -0.3 is 29.2 Å². The van der Waals surface area contributed by atoms with Crippen LogP contribution in [-0.4, -0.2) is 80.3 Å². The maximum absolute atomic E-state index is 13.5. The number of hydrogen-bond acceptors (Lipinski definition) is 8. The highest BCUT2D eigenvalue weighted by Crippen LogP contribution is 2.33. The zero-order valence-electron chi connectivity index (χ0n) is 18.5. The van der Waals surface area contributed by atoms with Crippen molar-refractivity contribution in [2.24, 2.45) is 0 Å². The number of rotatable bonds is 4. The van der Waals surface area contributed by atoms with Crippen LogP contribution in [0.3, 0.4) is 0 Å². The number of piperazine rings is 1. The lowest BCUT2D eigenvalue weighted by molar-refractivity contribution is 0.102. The molecule has 0 radical (unpaired) electrons. The van der Waals surface area contributed by atoms with Gasteiger partial charge in [0.05, 0.1) is 35.5 Å². The molecule has 2 fully saturated rings. The van der Waals surface area contributed by atoms with Crippen molar-refractivity contribution in [2.75, 3.05) is 74.6 Å². The van der Waals surface area contributed by atoms with Gasteiger partial charge in [0, 0.05) is 39.3 Å². The van der Waals surface area contributed by atoms with Gasteiger partial charge in [0.2, 0.25) is 5.71 Å². The van der Waals surface area contributed by atoms with E-state index < -0.39 is 0 Å². The zero-order valence-corrected chi connectivity index (χ0v) is 18.5. The van der Waals surface area contributed by atoms with Crippen molar-refractivity contribution < 1.29 is 13.9 Å². The van der Waals surface area contributed by atoms with E-state index >= 15 is 0 Å². The number of hydrogen-bond donors (Lipinski definition) is 1. The molecule has 0 bridgehead atoms. The van der Waals surface area contributed by atoms with E-state index in [9.17, 15) is 4.79 Å². The number of carbonyl (C=O) groups excluding carboxylic acids is 1. The minimum Gasteiger partial charge on any atom is -0.442 e. The van der Waals surface area contributed by atoms with Gasteiger partial charge in [0.25, 0.3) is 5.91 Å². The van der Waals surface area contributed by atoms with Gasteiger partial charge in [-0.1, -0.05) is 12.1 Å². The highest BCUT2D eigenvalue weighted by Gasteiger charge is 2.27. The van der Waals surface area contributed by atoms with E-state index in [1.165, 1.54) is 6.33 Å². The molecule has 0 aliphatic carbocycles. The standard InChI is InChI=1S/C23H28N6O3/c1-16-19(20-21(24-15-25-23(20)32-16)29-11-13-31-14-12-29)22(30)26-17-5-3-4-6-18(17)28-9-7-27(2)8-10-28/h3-6,15H,7-14H2,1-2H3,(H,26,30). The number of likely N-dealkylation sites (N-methyl/N-ethyl adjacent to an activating group) is 1. The third kappa shape index (κ3) is 3.89. The van der Waals surface area contributed by atoms with Crippen LogP contribution >= 0.6 is 0 Å². The second kappa shape index (κ2) is 8.76. The van der Waals surface area contributed by atoms with Gasteiger partial charge in [-0.2, -0.15) is 0 Å². The van der Waals surface area contributed by atoms with Crippen LogP contribution in [-0.2, 0) is 4.74 Å². The number of nitrogens with one attached hydrogen (secondary N) is 1. The first-order valence-electron chi connectivity index (χ1n) is 11.0. The average molecular weight is 437 g/mol. The van der Waals surface area contributed by atoms with E-state index in [-0.39, 0.29) is 5.91 Å². The summed E-state index contributed by atoms with van der Waals surface area (Å²) in [6.45, 7) is 8.31. The van der Waals surface area contributed by atoms with Crippen LogP contribution in [0, 0.1) is 6.92 Å². The van der Waals surface area contributed by atoms with Gasteiger partial charge in [-0.05, 0) is 26.1 Å². The lowest BCUT2D eigenvalue weighted by atomic mass is 10.1. The number of ether oxygens (including phenoxy) is 1. The minimum absolute atomic E-state index is 0.216. The Morgan fingerprint density at radius 2 is 1.75 bits per heavy atom. The summed E-state index contributed by atoms with van der Waals surface area (Å²) in [5.41, 5.74) is 2.73. The van der Waals surface area contributed by atoms with Crippen LogP contribution in [0.4, 0.5) is 17.2 Å². The number of morpholine rings is 1. The molecule has 1 N–H and O–H groups in total. The third-order valence-corrected chi connectivity index (χ3v) is 6.18. The predicted molar refractivity (Wildman–Crippen MR) is 124 cm³/mol. The number of carbonyl (C=O) groups is 1. The molecule has 3 aromatic rings. The number of benzene rings is 1. The van der Waals surface area contributed by atoms with Gasteiger partial charge in [0.1, 0.15) is 17.9 Å². The number of aromatic nitrogens is 2. The summed E-state index contributed by atoms with van der Waals surface area (Å²) in [5, 5.41) is 3.79. The Balaban J connectivity index is 1.48. The first kappa shape index (κ1) is 20.7. The van der Waals surface area contributed by atoms with Gasteiger partial charge in [0.15, 0.2) is 0 Å². The van der Waals surface area contributed by atoms with Crippen LogP contribution in [0.15, 0.2) is 35.0 Å². The van der Waals surface area contributed by atoms with Crippen molar-refractivity contribution in [1.82, 2.24) is 14.9 Å². The molecular formula is C23H28N6O3. The second-order valence-electron chi connectivity index (χ2n) is 8.27. The predicted octanol–water partition coefficient (Wildman–Crippen LogP) is 2.37. The SMILES string of the molecule is Cc1oc2ncnc(N3CCOCC3)c2c1C(=O)Nc1ccccc1N1CCN(C)CC1. The van der Waals surface area contributed by atoms with Crippen LogP contribution in [0.5, 0.6) is 0 Å². The van der Waals surface area contributed by atoms with Crippen molar-refractivity contribution in [3.8, 4) is 0 Å². The van der Waals surface area contributed by atoms with Crippen LogP contribution in [0.1, 0.15) is 16.1 Å². The summed E-state index contributed by atoms with van der Waals surface area (Å²) in [4.78, 5) is 29.1. The Bertz CT molecular complexity index is 1120. The fraction of sp³-hybridized carbons (Fsp3) is 0.435. The normalized spacial score (nSPS) is 17.7. The third-order valence-electron chi connectivity index (χ3n) is 6.18. The monoisotopic (exact) mass is 436 g/mol. The fourth-order valence-electron chi connectivity index (χ4n) is 4.40. The molecule has 0 unspecified atom stereocenters. The highest BCUT2D eigenvalue weighted by molar-refractivity contribution is 6.16. The van der Waals surface area contributed by atoms with E-state index in [0.717, 1.165) is 37.6 Å². The van der Waals surface area contributed by atoms with E-state index in [1.807, 2.05) is 18.2 Å². The largest absolute Gasteiger partial charge is 0.442 e. The number of nitrogens with zero attached hydrogens (tertiary/aromatic N) is 5. The Morgan fingerprint density at radius 1 is 1.00 bits per heavy atom. The Kier molecular flexibility index (Phi) is 5.67. The zero-order chi connectivity index (χ0) is 22.1. The van der Waals surface area contributed by atoms with E-state index in [2.05, 4.69) is 43.1 Å². The summed E-state index contributed by atoms with van der Waals surface area (Å²) >= 11 is 0. The average Bonchev–Trinajstić information content (AvgIpc) is 3.16. The first-order chi connectivity index (χ1) is 15.6. The molecule has 9 nitrogen and oxygen atoms in total. The van der Waals surface area contributed by atoms with Gasteiger partial charge in [-0.25, -0.2) is 9.97 Å². The number of anilines is 3. The summed E-state index contributed by atoms with van der Waals surface area (Å²) < 4.78 is 11.3. The molecular weight excluding hydrogens is 408 g/mol. The fourth-order valence-corrected chi connectivity index (χ4v) is 4.40. The molecule has 168 valence electrons. The van der Waals surface area contributed by atoms with E-state index in [1.54, 1.807) is 6.92 Å². The van der Waals surface area contributed by atoms with E-state index in [0.29, 0.717) is 54.5 Å². The number of fused-ring (bicyclic) bond motifs is 1. The molecule has 5 rings (SSSR count). The molecule has 0 atom stereocenters. The van der Waals surface area contributed by atoms with E-state index in [4.69, 9.17) is 9.15 Å². The number of furan rings is 1. The topological polar surface area (TPSA) is 87.0 Å². The quantitative estimate of drug-likeness (QED) is 0.667. The molecule has 32 heavy (non-hydrogen) atoms. The second-order valence-corrected chi connectivity index (χ2v) is 8.27. The number of para-hydroxylation sites is 2. The lowest BCUT2D eigenvalue weighted by Gasteiger charge is -2.35. The molecule has 1 amide bonds. The van der Waals surface area contributed by atoms with Gasteiger partial charge in [-0.15, -0.1) is 0 Å². The Labute approximate surface area is 187 Å². The van der Waals surface area contributed by atoms with Crippen molar-refractivity contribution in [3.63, 3.8) is 0 Å². The molecule has 2 aliphatic rings. The number of amides is 1. The molecule has 2 saturated heterocycles. The molecule has 4 heterocycles. The summed E-state index contributed by atoms with van der Waals surface area (Å²) in [6.07, 6.45) is 1.49. The summed E-state index contributed by atoms with van der Waals surface area (Å²) in [5.74, 6) is 1.03. The number of aryl methyl sites for hydroxylation is 1. The van der Waals surface area contributed by atoms with Gasteiger partial charge >= 0.3 is 0 Å². The Morgan fingerprint density at radius 3 is 2.53 bits per heavy atom. The highest BCUT2D eigenvalue weighted by atomic mass is 16.5. The minimum atomic E-state index is -0.216. The van der Waals surface area contributed by atoms with Crippen molar-refractivity contribution in [1.29, 1.82) is 0 Å².